The number of methoxy groups -OCH3 is 3. The molecule has 1 aliphatic rings. The van der Waals surface area contributed by atoms with Gasteiger partial charge in [0.15, 0.2) is 11.5 Å². The van der Waals surface area contributed by atoms with Crippen LogP contribution in [0, 0.1) is 5.92 Å². The second-order valence-corrected chi connectivity index (χ2v) is 8.60. The van der Waals surface area contributed by atoms with Gasteiger partial charge in [-0.05, 0) is 53.9 Å². The maximum absolute atomic E-state index is 11.8. The number of piperidine rings is 1. The lowest BCUT2D eigenvalue weighted by atomic mass is 9.90. The van der Waals surface area contributed by atoms with E-state index in [1.807, 2.05) is 24.3 Å². The number of hydrogen-bond acceptors (Lipinski definition) is 6. The molecule has 2 atom stereocenters. The molecule has 1 aromatic heterocycles. The molecule has 7 heteroatoms. The first-order valence-electron chi connectivity index (χ1n) is 10.3. The lowest BCUT2D eigenvalue weighted by Crippen LogP contribution is -2.41. The SMILES string of the molecule is COc1ccc(C(c2csc3ccccc23)N2CCCC(C(=O)O)C2)c(OC)c1OC. The van der Waals surface area contributed by atoms with Crippen LogP contribution in [0.3, 0.4) is 0 Å². The van der Waals surface area contributed by atoms with E-state index in [0.29, 0.717) is 30.2 Å². The summed E-state index contributed by atoms with van der Waals surface area (Å²) in [5, 5.41) is 13.0. The molecule has 1 saturated heterocycles. The lowest BCUT2D eigenvalue weighted by Gasteiger charge is -2.38. The van der Waals surface area contributed by atoms with Crippen LogP contribution in [-0.4, -0.2) is 50.4 Å². The zero-order chi connectivity index (χ0) is 22.0. The minimum absolute atomic E-state index is 0.159. The van der Waals surface area contributed by atoms with Gasteiger partial charge in [0.25, 0.3) is 0 Å². The van der Waals surface area contributed by atoms with E-state index in [4.69, 9.17) is 14.2 Å². The molecule has 4 rings (SSSR count). The molecule has 164 valence electrons. The van der Waals surface area contributed by atoms with E-state index in [1.54, 1.807) is 32.7 Å². The van der Waals surface area contributed by atoms with Crippen molar-refractivity contribution in [2.24, 2.45) is 5.92 Å². The summed E-state index contributed by atoms with van der Waals surface area (Å²) in [6.45, 7) is 1.30. The molecule has 31 heavy (non-hydrogen) atoms. The van der Waals surface area contributed by atoms with E-state index < -0.39 is 5.97 Å². The van der Waals surface area contributed by atoms with Crippen LogP contribution in [0.5, 0.6) is 17.2 Å². The van der Waals surface area contributed by atoms with Crippen LogP contribution in [0.4, 0.5) is 0 Å². The van der Waals surface area contributed by atoms with Crippen molar-refractivity contribution in [3.63, 3.8) is 0 Å². The van der Waals surface area contributed by atoms with Crippen LogP contribution >= 0.6 is 11.3 Å². The monoisotopic (exact) mass is 441 g/mol. The summed E-state index contributed by atoms with van der Waals surface area (Å²) in [5.74, 6) is 0.627. The highest BCUT2D eigenvalue weighted by molar-refractivity contribution is 7.17. The van der Waals surface area contributed by atoms with Crippen molar-refractivity contribution in [1.29, 1.82) is 0 Å². The van der Waals surface area contributed by atoms with Gasteiger partial charge in [0.05, 0.1) is 33.3 Å². The van der Waals surface area contributed by atoms with Gasteiger partial charge in [0, 0.05) is 16.8 Å². The topological polar surface area (TPSA) is 68.2 Å². The van der Waals surface area contributed by atoms with Gasteiger partial charge in [-0.25, -0.2) is 0 Å². The first-order chi connectivity index (χ1) is 15.1. The molecule has 0 bridgehead atoms. The third-order valence-electron chi connectivity index (χ3n) is 6.00. The first kappa shape index (κ1) is 21.5. The van der Waals surface area contributed by atoms with E-state index in [9.17, 15) is 9.90 Å². The summed E-state index contributed by atoms with van der Waals surface area (Å²) < 4.78 is 18.1. The molecule has 1 fully saturated rings. The van der Waals surface area contributed by atoms with Crippen LogP contribution in [0.1, 0.15) is 30.0 Å². The lowest BCUT2D eigenvalue weighted by molar-refractivity contribution is -0.143. The number of rotatable bonds is 7. The zero-order valence-electron chi connectivity index (χ0n) is 18.0. The van der Waals surface area contributed by atoms with Crippen molar-refractivity contribution >= 4 is 27.4 Å². The maximum Gasteiger partial charge on any atom is 0.307 e. The van der Waals surface area contributed by atoms with Gasteiger partial charge in [-0.3, -0.25) is 9.69 Å². The Morgan fingerprint density at radius 3 is 2.55 bits per heavy atom. The van der Waals surface area contributed by atoms with E-state index in [-0.39, 0.29) is 12.0 Å². The number of likely N-dealkylation sites (tertiary alicyclic amines) is 1. The van der Waals surface area contributed by atoms with Crippen LogP contribution in [-0.2, 0) is 4.79 Å². The van der Waals surface area contributed by atoms with Crippen molar-refractivity contribution in [1.82, 2.24) is 4.90 Å². The molecule has 0 amide bonds. The van der Waals surface area contributed by atoms with Gasteiger partial charge >= 0.3 is 5.97 Å². The number of fused-ring (bicyclic) bond motifs is 1. The summed E-state index contributed by atoms with van der Waals surface area (Å²) in [6.07, 6.45) is 1.54. The molecule has 2 heterocycles. The number of carboxylic acids is 1. The van der Waals surface area contributed by atoms with Gasteiger partial charge in [0.1, 0.15) is 0 Å². The molecule has 0 radical (unpaired) electrons. The average molecular weight is 442 g/mol. The standard InChI is InChI=1S/C24H27NO5S/c1-28-19-11-10-17(22(29-2)23(19)30-3)21(25-12-6-7-15(13-25)24(26)27)18-14-31-20-9-5-4-8-16(18)20/h4-5,8-11,14-15,21H,6-7,12-13H2,1-3H3,(H,26,27). The second kappa shape index (κ2) is 9.16. The highest BCUT2D eigenvalue weighted by Crippen LogP contribution is 2.47. The Bertz CT molecular complexity index is 1080. The molecule has 2 unspecified atom stereocenters. The molecule has 2 aromatic carbocycles. The third kappa shape index (κ3) is 3.95. The van der Waals surface area contributed by atoms with Crippen LogP contribution < -0.4 is 14.2 Å². The molecular formula is C24H27NO5S. The Kier molecular flexibility index (Phi) is 6.34. The number of thiophene rings is 1. The average Bonchev–Trinajstić information content (AvgIpc) is 3.22. The zero-order valence-corrected chi connectivity index (χ0v) is 18.8. The van der Waals surface area contributed by atoms with Crippen LogP contribution in [0.25, 0.3) is 10.1 Å². The second-order valence-electron chi connectivity index (χ2n) is 7.69. The third-order valence-corrected chi connectivity index (χ3v) is 6.98. The number of benzene rings is 2. The number of nitrogens with zero attached hydrogens (tertiary/aromatic N) is 1. The first-order valence-corrected chi connectivity index (χ1v) is 11.2. The van der Waals surface area contributed by atoms with Gasteiger partial charge in [0.2, 0.25) is 5.75 Å². The predicted octanol–water partition coefficient (Wildman–Crippen LogP) is 4.81. The Labute approximate surface area is 186 Å². The molecule has 3 aromatic rings. The van der Waals surface area contributed by atoms with E-state index in [2.05, 4.69) is 22.4 Å². The Balaban J connectivity index is 1.90. The summed E-state index contributed by atoms with van der Waals surface area (Å²) in [5.41, 5.74) is 2.09. The van der Waals surface area contributed by atoms with Gasteiger partial charge in [-0.15, -0.1) is 11.3 Å². The molecule has 0 spiro atoms. The number of ether oxygens (including phenoxy) is 3. The molecule has 0 aliphatic carbocycles. The number of carboxylic acid groups (broad SMARTS) is 1. The van der Waals surface area contributed by atoms with Crippen LogP contribution in [0.2, 0.25) is 0 Å². The summed E-state index contributed by atoms with van der Waals surface area (Å²) in [6, 6.07) is 12.0. The maximum atomic E-state index is 11.8. The highest BCUT2D eigenvalue weighted by atomic mass is 32.1. The number of aliphatic carboxylic acids is 1. The molecule has 1 aliphatic heterocycles. The minimum Gasteiger partial charge on any atom is -0.493 e. The van der Waals surface area contributed by atoms with E-state index in [0.717, 1.165) is 24.1 Å². The van der Waals surface area contributed by atoms with E-state index in [1.165, 1.54) is 10.1 Å². The van der Waals surface area contributed by atoms with Gasteiger partial charge in [-0.2, -0.15) is 0 Å². The fourth-order valence-corrected chi connectivity index (χ4v) is 5.53. The smallest absolute Gasteiger partial charge is 0.307 e. The van der Waals surface area contributed by atoms with Gasteiger partial charge in [-0.1, -0.05) is 18.2 Å². The molecule has 6 nitrogen and oxygen atoms in total. The van der Waals surface area contributed by atoms with Crippen molar-refractivity contribution in [3.05, 3.63) is 52.9 Å². The van der Waals surface area contributed by atoms with Crippen molar-refractivity contribution in [2.75, 3.05) is 34.4 Å². The van der Waals surface area contributed by atoms with Crippen molar-refractivity contribution in [2.45, 2.75) is 18.9 Å². The minimum atomic E-state index is -0.738. The summed E-state index contributed by atoms with van der Waals surface area (Å²) in [4.78, 5) is 14.0. The molecule has 0 saturated carbocycles. The summed E-state index contributed by atoms with van der Waals surface area (Å²) >= 11 is 1.70. The Hall–Kier alpha value is -2.77. The fourth-order valence-electron chi connectivity index (χ4n) is 4.55. The van der Waals surface area contributed by atoms with E-state index >= 15 is 0 Å². The Morgan fingerprint density at radius 2 is 1.84 bits per heavy atom. The number of hydrogen-bond donors (Lipinski definition) is 1. The predicted molar refractivity (Wildman–Crippen MR) is 122 cm³/mol. The summed E-state index contributed by atoms with van der Waals surface area (Å²) in [7, 11) is 4.82. The Morgan fingerprint density at radius 1 is 1.06 bits per heavy atom. The van der Waals surface area contributed by atoms with Gasteiger partial charge < -0.3 is 19.3 Å². The largest absolute Gasteiger partial charge is 0.493 e. The number of carbonyl (C=O) groups is 1. The van der Waals surface area contributed by atoms with Crippen molar-refractivity contribution < 1.29 is 24.1 Å². The molecular weight excluding hydrogens is 414 g/mol. The fraction of sp³-hybridized carbons (Fsp3) is 0.375. The molecule has 1 N–H and O–H groups in total. The van der Waals surface area contributed by atoms with Crippen LogP contribution in [0.15, 0.2) is 41.8 Å². The quantitative estimate of drug-likeness (QED) is 0.567. The normalized spacial score (nSPS) is 18.0. The highest BCUT2D eigenvalue weighted by Gasteiger charge is 2.35. The van der Waals surface area contributed by atoms with Crippen molar-refractivity contribution in [3.8, 4) is 17.2 Å².